The highest BCUT2D eigenvalue weighted by Crippen LogP contribution is 2.34. The van der Waals surface area contributed by atoms with Crippen molar-refractivity contribution in [3.05, 3.63) is 46.3 Å². The molecule has 19 heavy (non-hydrogen) atoms. The number of aryl methyl sites for hydroxylation is 2. The number of thiophene rings is 1. The number of nitrogens with two attached hydrogens (primary N) is 1. The molecule has 1 unspecified atom stereocenters. The zero-order chi connectivity index (χ0) is 13.2. The van der Waals surface area contributed by atoms with Crippen molar-refractivity contribution < 1.29 is 0 Å². The normalized spacial score (nSPS) is 15.5. The molecule has 0 amide bonds. The Bertz CT molecular complexity index is 570. The van der Waals surface area contributed by atoms with Gasteiger partial charge in [-0.25, -0.2) is 0 Å². The second kappa shape index (κ2) is 5.48. The maximum Gasteiger partial charge on any atom is 0.0389 e. The zero-order valence-electron chi connectivity index (χ0n) is 11.5. The molecule has 0 bridgehead atoms. The summed E-state index contributed by atoms with van der Waals surface area (Å²) in [6, 6.07) is 11.6. The Morgan fingerprint density at radius 2 is 2.00 bits per heavy atom. The Hall–Kier alpha value is -1.12. The van der Waals surface area contributed by atoms with Gasteiger partial charge in [-0.05, 0) is 54.5 Å². The molecule has 1 atom stereocenters. The highest BCUT2D eigenvalue weighted by molar-refractivity contribution is 7.15. The average molecular weight is 271 g/mol. The molecule has 1 aliphatic rings. The molecule has 1 nitrogen and oxygen atoms in total. The first-order chi connectivity index (χ1) is 9.28. The monoisotopic (exact) mass is 271 g/mol. The highest BCUT2D eigenvalue weighted by Gasteiger charge is 2.13. The minimum absolute atomic E-state index is 0.207. The Labute approximate surface area is 119 Å². The van der Waals surface area contributed by atoms with E-state index in [1.54, 1.807) is 11.1 Å². The van der Waals surface area contributed by atoms with Gasteiger partial charge in [0.05, 0.1) is 0 Å². The molecule has 1 aromatic heterocycles. The summed E-state index contributed by atoms with van der Waals surface area (Å²) in [5, 5.41) is 0. The number of fused-ring (bicyclic) bond motifs is 1. The van der Waals surface area contributed by atoms with Crippen LogP contribution < -0.4 is 5.73 Å². The van der Waals surface area contributed by atoms with Crippen LogP contribution >= 0.6 is 11.3 Å². The Morgan fingerprint density at radius 3 is 2.84 bits per heavy atom. The largest absolute Gasteiger partial charge is 0.323 e. The molecule has 0 aliphatic heterocycles. The Morgan fingerprint density at radius 1 is 1.16 bits per heavy atom. The van der Waals surface area contributed by atoms with Crippen molar-refractivity contribution in [1.29, 1.82) is 0 Å². The Balaban J connectivity index is 1.86. The van der Waals surface area contributed by atoms with Crippen molar-refractivity contribution in [1.82, 2.24) is 0 Å². The molecule has 2 N–H and O–H groups in total. The van der Waals surface area contributed by atoms with E-state index in [0.717, 1.165) is 12.8 Å². The van der Waals surface area contributed by atoms with Crippen LogP contribution in [0.2, 0.25) is 0 Å². The predicted molar refractivity (Wildman–Crippen MR) is 83.6 cm³/mol. The average Bonchev–Trinajstić information content (AvgIpc) is 3.07. The van der Waals surface area contributed by atoms with E-state index >= 15 is 0 Å². The van der Waals surface area contributed by atoms with Crippen LogP contribution in [-0.4, -0.2) is 0 Å². The van der Waals surface area contributed by atoms with Crippen molar-refractivity contribution >= 4 is 11.3 Å². The minimum Gasteiger partial charge on any atom is -0.323 e. The lowest BCUT2D eigenvalue weighted by Gasteiger charge is -2.07. The minimum atomic E-state index is 0.207. The molecule has 2 aromatic rings. The molecule has 2 heteroatoms. The van der Waals surface area contributed by atoms with Crippen LogP contribution in [0.1, 0.15) is 48.2 Å². The van der Waals surface area contributed by atoms with Gasteiger partial charge in [-0.1, -0.05) is 31.5 Å². The van der Waals surface area contributed by atoms with Gasteiger partial charge in [-0.2, -0.15) is 0 Å². The van der Waals surface area contributed by atoms with Gasteiger partial charge >= 0.3 is 0 Å². The first-order valence-electron chi connectivity index (χ1n) is 7.25. The lowest BCUT2D eigenvalue weighted by atomic mass is 10.1. The molecule has 100 valence electrons. The summed E-state index contributed by atoms with van der Waals surface area (Å²) in [5.74, 6) is 0. The summed E-state index contributed by atoms with van der Waals surface area (Å²) in [7, 11) is 0. The van der Waals surface area contributed by atoms with E-state index < -0.39 is 0 Å². The van der Waals surface area contributed by atoms with Crippen molar-refractivity contribution in [3.63, 3.8) is 0 Å². The third-order valence-electron chi connectivity index (χ3n) is 3.97. The smallest absolute Gasteiger partial charge is 0.0389 e. The van der Waals surface area contributed by atoms with E-state index in [-0.39, 0.29) is 6.04 Å². The van der Waals surface area contributed by atoms with Crippen LogP contribution in [0.15, 0.2) is 30.3 Å². The molecule has 0 saturated heterocycles. The topological polar surface area (TPSA) is 26.0 Å². The summed E-state index contributed by atoms with van der Waals surface area (Å²) in [5.41, 5.74) is 10.7. The molecule has 3 rings (SSSR count). The van der Waals surface area contributed by atoms with Crippen molar-refractivity contribution in [3.8, 4) is 10.4 Å². The van der Waals surface area contributed by atoms with Gasteiger partial charge < -0.3 is 5.73 Å². The van der Waals surface area contributed by atoms with Crippen LogP contribution in [0, 0.1) is 0 Å². The third kappa shape index (κ3) is 2.60. The van der Waals surface area contributed by atoms with E-state index in [1.807, 2.05) is 11.3 Å². The number of benzene rings is 1. The molecular formula is C17H21NS. The van der Waals surface area contributed by atoms with Gasteiger partial charge in [-0.15, -0.1) is 11.3 Å². The second-order valence-electron chi connectivity index (χ2n) is 5.43. The standard InChI is InChI=1S/C17H21NS/c1-2-4-15(18)17-10-9-16(19-17)14-8-7-12-5-3-6-13(12)11-14/h7-11,15H,2-6,18H2,1H3. The number of hydrogen-bond acceptors (Lipinski definition) is 2. The van der Waals surface area contributed by atoms with E-state index in [0.29, 0.717) is 0 Å². The summed E-state index contributed by atoms with van der Waals surface area (Å²) < 4.78 is 0. The molecule has 1 aliphatic carbocycles. The molecule has 0 spiro atoms. The molecule has 1 heterocycles. The van der Waals surface area contributed by atoms with Crippen molar-refractivity contribution in [2.24, 2.45) is 5.73 Å². The number of rotatable bonds is 4. The maximum atomic E-state index is 6.20. The molecule has 0 radical (unpaired) electrons. The highest BCUT2D eigenvalue weighted by atomic mass is 32.1. The van der Waals surface area contributed by atoms with Crippen LogP contribution in [0.4, 0.5) is 0 Å². The zero-order valence-corrected chi connectivity index (χ0v) is 12.3. The first-order valence-corrected chi connectivity index (χ1v) is 8.07. The van der Waals surface area contributed by atoms with Crippen molar-refractivity contribution in [2.75, 3.05) is 0 Å². The van der Waals surface area contributed by atoms with E-state index in [2.05, 4.69) is 37.3 Å². The maximum absolute atomic E-state index is 6.20. The van der Waals surface area contributed by atoms with Crippen LogP contribution in [0.25, 0.3) is 10.4 Å². The van der Waals surface area contributed by atoms with Crippen LogP contribution in [0.5, 0.6) is 0 Å². The fraction of sp³-hybridized carbons (Fsp3) is 0.412. The first kappa shape index (κ1) is 12.9. The molecule has 0 fully saturated rings. The predicted octanol–water partition coefficient (Wildman–Crippen LogP) is 4.70. The van der Waals surface area contributed by atoms with Gasteiger partial charge in [0, 0.05) is 15.8 Å². The van der Waals surface area contributed by atoms with Gasteiger partial charge in [0.1, 0.15) is 0 Å². The van der Waals surface area contributed by atoms with E-state index in [1.165, 1.54) is 34.6 Å². The van der Waals surface area contributed by atoms with Crippen LogP contribution in [0.3, 0.4) is 0 Å². The third-order valence-corrected chi connectivity index (χ3v) is 5.24. The summed E-state index contributed by atoms with van der Waals surface area (Å²) in [4.78, 5) is 2.67. The van der Waals surface area contributed by atoms with Gasteiger partial charge in [0.2, 0.25) is 0 Å². The van der Waals surface area contributed by atoms with Crippen molar-refractivity contribution in [2.45, 2.75) is 45.1 Å². The summed E-state index contributed by atoms with van der Waals surface area (Å²) in [6.45, 7) is 2.19. The molecule has 1 aromatic carbocycles. The van der Waals surface area contributed by atoms with Gasteiger partial charge in [0.15, 0.2) is 0 Å². The van der Waals surface area contributed by atoms with Gasteiger partial charge in [-0.3, -0.25) is 0 Å². The SMILES string of the molecule is CCCC(N)c1ccc(-c2ccc3c(c2)CCC3)s1. The van der Waals surface area contributed by atoms with E-state index in [9.17, 15) is 0 Å². The Kier molecular flexibility index (Phi) is 3.72. The fourth-order valence-corrected chi connectivity index (χ4v) is 3.93. The number of hydrogen-bond donors (Lipinski definition) is 1. The fourth-order valence-electron chi connectivity index (χ4n) is 2.89. The lowest BCUT2D eigenvalue weighted by Crippen LogP contribution is -2.07. The molecular weight excluding hydrogens is 250 g/mol. The molecule has 0 saturated carbocycles. The van der Waals surface area contributed by atoms with E-state index in [4.69, 9.17) is 5.73 Å². The summed E-state index contributed by atoms with van der Waals surface area (Å²) in [6.07, 6.45) is 6.04. The van der Waals surface area contributed by atoms with Crippen LogP contribution in [-0.2, 0) is 12.8 Å². The lowest BCUT2D eigenvalue weighted by molar-refractivity contribution is 0.648. The second-order valence-corrected chi connectivity index (χ2v) is 6.55. The van der Waals surface area contributed by atoms with Gasteiger partial charge in [0.25, 0.3) is 0 Å². The quantitative estimate of drug-likeness (QED) is 0.856. The summed E-state index contributed by atoms with van der Waals surface area (Å²) >= 11 is 1.85.